The molecule has 1 saturated heterocycles. The van der Waals surface area contributed by atoms with Gasteiger partial charge in [-0.15, -0.1) is 0 Å². The predicted molar refractivity (Wildman–Crippen MR) is 162 cm³/mol. The van der Waals surface area contributed by atoms with Crippen molar-refractivity contribution >= 4 is 45.4 Å². The van der Waals surface area contributed by atoms with Crippen LogP contribution in [0.15, 0.2) is 77.3 Å². The van der Waals surface area contributed by atoms with Crippen LogP contribution in [0.5, 0.6) is 5.75 Å². The average molecular weight is 575 g/mol. The third-order valence-corrected chi connectivity index (χ3v) is 7.38. The molecule has 1 amide bonds. The monoisotopic (exact) mass is 573 g/mol. The number of amides is 1. The smallest absolute Gasteiger partial charge is 0.228 e. The second-order valence-electron chi connectivity index (χ2n) is 9.52. The summed E-state index contributed by atoms with van der Waals surface area (Å²) < 4.78 is 0.736. The molecule has 3 aromatic rings. The van der Waals surface area contributed by atoms with Crippen molar-refractivity contribution in [2.75, 3.05) is 36.4 Å². The molecule has 2 N–H and O–H groups in total. The average Bonchev–Trinajstić information content (AvgIpc) is 2.93. The Balaban J connectivity index is 1.38. The number of benzene rings is 3. The van der Waals surface area contributed by atoms with Gasteiger partial charge < -0.3 is 15.3 Å². The van der Waals surface area contributed by atoms with Crippen LogP contribution in [0.25, 0.3) is 12.2 Å². The van der Waals surface area contributed by atoms with Crippen molar-refractivity contribution in [1.29, 1.82) is 0 Å². The van der Waals surface area contributed by atoms with Crippen molar-refractivity contribution in [3.63, 3.8) is 0 Å². The van der Waals surface area contributed by atoms with Gasteiger partial charge in [-0.2, -0.15) is 0 Å². The molecule has 0 radical (unpaired) electrons. The summed E-state index contributed by atoms with van der Waals surface area (Å²) in [4.78, 5) is 17.2. The Kier molecular flexibility index (Phi) is 9.79. The number of allylic oxidation sites excluding steroid dienone is 2. The van der Waals surface area contributed by atoms with Crippen LogP contribution in [-0.4, -0.2) is 42.1 Å². The lowest BCUT2D eigenvalue weighted by molar-refractivity contribution is -0.115. The van der Waals surface area contributed by atoms with E-state index in [2.05, 4.69) is 68.3 Å². The van der Waals surface area contributed by atoms with Gasteiger partial charge in [-0.05, 0) is 76.0 Å². The predicted octanol–water partition coefficient (Wildman–Crippen LogP) is 5.21. The summed E-state index contributed by atoms with van der Waals surface area (Å²) in [6.07, 6.45) is 9.45. The number of nitrogens with one attached hydrogen (secondary N) is 1. The minimum Gasteiger partial charge on any atom is -0.506 e. The van der Waals surface area contributed by atoms with Crippen molar-refractivity contribution in [2.24, 2.45) is 0 Å². The number of hydrogen-bond acceptors (Lipinski definition) is 4. The highest BCUT2D eigenvalue weighted by atomic mass is 79.9. The van der Waals surface area contributed by atoms with Crippen molar-refractivity contribution in [2.45, 2.75) is 33.2 Å². The van der Waals surface area contributed by atoms with Crippen LogP contribution < -0.4 is 20.7 Å². The molecule has 5 nitrogen and oxygen atoms in total. The topological polar surface area (TPSA) is 55.8 Å². The maximum absolute atomic E-state index is 12.4. The maximum atomic E-state index is 12.4. The highest BCUT2D eigenvalue weighted by Gasteiger charge is 2.19. The van der Waals surface area contributed by atoms with E-state index in [4.69, 9.17) is 0 Å². The molecule has 1 heterocycles. The second kappa shape index (κ2) is 13.4. The van der Waals surface area contributed by atoms with Crippen LogP contribution in [0, 0.1) is 0 Å². The van der Waals surface area contributed by atoms with E-state index in [9.17, 15) is 9.90 Å². The summed E-state index contributed by atoms with van der Waals surface area (Å²) in [5, 5.41) is 15.6. The van der Waals surface area contributed by atoms with E-state index in [0.717, 1.165) is 65.3 Å². The van der Waals surface area contributed by atoms with Crippen LogP contribution >= 0.6 is 15.9 Å². The number of nitrogens with zero attached hydrogens (tertiary/aromatic N) is 2. The minimum atomic E-state index is -0.0100. The molecule has 0 bridgehead atoms. The summed E-state index contributed by atoms with van der Waals surface area (Å²) in [6.45, 7) is 8.68. The molecule has 3 aromatic carbocycles. The number of carbonyl (C=O) groups excluding carboxylic acids is 1. The number of carbonyl (C=O) groups is 1. The normalized spacial score (nSPS) is 15.4. The number of anilines is 2. The van der Waals surface area contributed by atoms with Crippen molar-refractivity contribution in [3.05, 3.63) is 98.9 Å². The molecule has 38 heavy (non-hydrogen) atoms. The Morgan fingerprint density at radius 2 is 1.74 bits per heavy atom. The summed E-state index contributed by atoms with van der Waals surface area (Å²) in [5.74, 6) is 0.292. The Labute approximate surface area is 233 Å². The van der Waals surface area contributed by atoms with Crippen LogP contribution in [0.3, 0.4) is 0 Å². The number of aromatic hydroxyl groups is 1. The van der Waals surface area contributed by atoms with E-state index in [1.54, 1.807) is 0 Å². The molecule has 1 fully saturated rings. The lowest BCUT2D eigenvalue weighted by atomic mass is 10.1. The Bertz CT molecular complexity index is 1380. The molecule has 1 aliphatic rings. The number of rotatable bonds is 8. The fraction of sp³-hybridized carbons (Fsp3) is 0.281. The SMILES string of the molecule is C\C=C/C=c1/c(CN2CCN(c3ccc(NC(=O)Cc4ccccc4)cc3)CC2)cc(Br)c(O)/c1=C\CC. The van der Waals surface area contributed by atoms with E-state index in [0.29, 0.717) is 12.2 Å². The number of piperazine rings is 1. The van der Waals surface area contributed by atoms with Gasteiger partial charge in [0.05, 0.1) is 10.9 Å². The summed E-state index contributed by atoms with van der Waals surface area (Å²) in [5.41, 5.74) is 4.19. The van der Waals surface area contributed by atoms with Gasteiger partial charge in [-0.3, -0.25) is 9.69 Å². The fourth-order valence-corrected chi connectivity index (χ4v) is 5.30. The third kappa shape index (κ3) is 7.15. The molecule has 4 rings (SSSR count). The number of hydrogen-bond donors (Lipinski definition) is 2. The Morgan fingerprint density at radius 3 is 2.39 bits per heavy atom. The van der Waals surface area contributed by atoms with Gasteiger partial charge in [-0.25, -0.2) is 0 Å². The van der Waals surface area contributed by atoms with Crippen LogP contribution in [-0.2, 0) is 17.8 Å². The Hall–Kier alpha value is -3.35. The van der Waals surface area contributed by atoms with Gasteiger partial charge in [0.2, 0.25) is 5.91 Å². The molecule has 0 saturated carbocycles. The lowest BCUT2D eigenvalue weighted by Gasteiger charge is -2.36. The third-order valence-electron chi connectivity index (χ3n) is 6.77. The lowest BCUT2D eigenvalue weighted by Crippen LogP contribution is -2.47. The van der Waals surface area contributed by atoms with Crippen molar-refractivity contribution in [1.82, 2.24) is 4.90 Å². The van der Waals surface area contributed by atoms with E-state index in [1.807, 2.05) is 61.5 Å². The minimum absolute atomic E-state index is 0.0100. The number of phenolic OH excluding ortho intramolecular Hbond substituents is 1. The first-order valence-electron chi connectivity index (χ1n) is 13.2. The number of halogens is 1. The van der Waals surface area contributed by atoms with Crippen LogP contribution in [0.2, 0.25) is 0 Å². The van der Waals surface area contributed by atoms with Crippen LogP contribution in [0.1, 0.15) is 31.4 Å². The Morgan fingerprint density at radius 1 is 1.03 bits per heavy atom. The summed E-state index contributed by atoms with van der Waals surface area (Å²) in [6, 6.07) is 20.0. The van der Waals surface area contributed by atoms with E-state index in [-0.39, 0.29) is 5.91 Å². The molecule has 198 valence electrons. The van der Waals surface area contributed by atoms with Crippen LogP contribution in [0.4, 0.5) is 11.4 Å². The van der Waals surface area contributed by atoms with E-state index >= 15 is 0 Å². The van der Waals surface area contributed by atoms with Gasteiger partial charge in [0.1, 0.15) is 5.75 Å². The fourth-order valence-electron chi connectivity index (χ4n) is 4.81. The van der Waals surface area contributed by atoms with Crippen molar-refractivity contribution in [3.8, 4) is 5.75 Å². The largest absolute Gasteiger partial charge is 0.506 e. The molecule has 0 unspecified atom stereocenters. The van der Waals surface area contributed by atoms with Gasteiger partial charge in [0, 0.05) is 49.3 Å². The quantitative estimate of drug-likeness (QED) is 0.388. The second-order valence-corrected chi connectivity index (χ2v) is 10.4. The van der Waals surface area contributed by atoms with E-state index in [1.165, 1.54) is 11.3 Å². The summed E-state index contributed by atoms with van der Waals surface area (Å²) >= 11 is 3.56. The maximum Gasteiger partial charge on any atom is 0.228 e. The molecular weight excluding hydrogens is 538 g/mol. The van der Waals surface area contributed by atoms with Gasteiger partial charge in [0.15, 0.2) is 0 Å². The van der Waals surface area contributed by atoms with Crippen molar-refractivity contribution < 1.29 is 9.90 Å². The molecule has 0 spiro atoms. The number of phenols is 1. The zero-order valence-electron chi connectivity index (χ0n) is 22.2. The molecule has 0 aliphatic carbocycles. The molecule has 6 heteroatoms. The first-order valence-corrected chi connectivity index (χ1v) is 14.0. The standard InChI is InChI=1S/C32H36BrN3O2/c1-3-5-12-28-25(22-30(33)32(38)29(28)9-4-2)23-35-17-19-36(20-18-35)27-15-13-26(14-16-27)34-31(37)21-24-10-7-6-8-11-24/h3,5-16,22,38H,4,17-21,23H2,1-2H3,(H,34,37)/b5-3-,28-12-,29-9-. The first kappa shape index (κ1) is 27.7. The summed E-state index contributed by atoms with van der Waals surface area (Å²) in [7, 11) is 0. The first-order chi connectivity index (χ1) is 18.5. The molecule has 0 aromatic heterocycles. The zero-order valence-corrected chi connectivity index (χ0v) is 23.7. The molecular formula is C32H36BrN3O2. The molecule has 1 aliphatic heterocycles. The highest BCUT2D eigenvalue weighted by molar-refractivity contribution is 9.10. The van der Waals surface area contributed by atoms with E-state index < -0.39 is 0 Å². The highest BCUT2D eigenvalue weighted by Crippen LogP contribution is 2.22. The van der Waals surface area contributed by atoms with Gasteiger partial charge in [0.25, 0.3) is 0 Å². The van der Waals surface area contributed by atoms with Gasteiger partial charge >= 0.3 is 0 Å². The zero-order chi connectivity index (χ0) is 26.9. The van der Waals surface area contributed by atoms with Gasteiger partial charge in [-0.1, -0.05) is 61.6 Å². The molecule has 0 atom stereocenters.